The Balaban J connectivity index is 2.00. The van der Waals surface area contributed by atoms with Crippen LogP contribution in [0.3, 0.4) is 0 Å². The van der Waals surface area contributed by atoms with Crippen LogP contribution in [0.15, 0.2) is 18.2 Å². The summed E-state index contributed by atoms with van der Waals surface area (Å²) in [6, 6.07) is 6.11. The second kappa shape index (κ2) is 6.33. The molecule has 2 nitrogen and oxygen atoms in total. The maximum atomic E-state index is 12.4. The van der Waals surface area contributed by atoms with Gasteiger partial charge in [0.1, 0.15) is 0 Å². The first-order valence-electron chi connectivity index (χ1n) is 7.39. The van der Waals surface area contributed by atoms with Gasteiger partial charge in [-0.3, -0.25) is 9.69 Å². The van der Waals surface area contributed by atoms with Crippen molar-refractivity contribution in [2.24, 2.45) is 5.92 Å². The molecule has 0 bridgehead atoms. The van der Waals surface area contributed by atoms with Crippen LogP contribution in [-0.2, 0) is 0 Å². The van der Waals surface area contributed by atoms with Crippen LogP contribution < -0.4 is 0 Å². The van der Waals surface area contributed by atoms with Crippen LogP contribution >= 0.6 is 0 Å². The normalized spacial score (nSPS) is 21.1. The maximum absolute atomic E-state index is 12.4. The Morgan fingerprint density at radius 1 is 1.26 bits per heavy atom. The van der Waals surface area contributed by atoms with E-state index in [1.807, 2.05) is 19.1 Å². The second-order valence-electron chi connectivity index (χ2n) is 6.05. The molecule has 1 heterocycles. The van der Waals surface area contributed by atoms with Gasteiger partial charge in [0, 0.05) is 5.56 Å². The quantitative estimate of drug-likeness (QED) is 0.773. The Bertz CT molecular complexity index is 453. The van der Waals surface area contributed by atoms with Gasteiger partial charge < -0.3 is 0 Å². The van der Waals surface area contributed by atoms with Crippen molar-refractivity contribution in [2.45, 2.75) is 40.0 Å². The summed E-state index contributed by atoms with van der Waals surface area (Å²) < 4.78 is 0. The average molecular weight is 259 g/mol. The first-order valence-corrected chi connectivity index (χ1v) is 7.39. The number of Topliss-reactive ketones (excluding diaryl/α,β-unsaturated/α-hetero) is 1. The summed E-state index contributed by atoms with van der Waals surface area (Å²) >= 11 is 0. The van der Waals surface area contributed by atoms with E-state index >= 15 is 0 Å². The third-order valence-corrected chi connectivity index (χ3v) is 4.16. The third-order valence-electron chi connectivity index (χ3n) is 4.16. The van der Waals surface area contributed by atoms with Crippen molar-refractivity contribution in [1.82, 2.24) is 4.90 Å². The lowest BCUT2D eigenvalue weighted by Gasteiger charge is -2.19. The molecule has 0 amide bonds. The summed E-state index contributed by atoms with van der Waals surface area (Å²) in [6.07, 6.45) is 3.75. The molecule has 1 unspecified atom stereocenters. The van der Waals surface area contributed by atoms with Gasteiger partial charge in [0.25, 0.3) is 0 Å². The van der Waals surface area contributed by atoms with Crippen molar-refractivity contribution in [3.63, 3.8) is 0 Å². The van der Waals surface area contributed by atoms with Gasteiger partial charge in [-0.05, 0) is 57.7 Å². The topological polar surface area (TPSA) is 20.3 Å². The van der Waals surface area contributed by atoms with Crippen LogP contribution in [0.4, 0.5) is 0 Å². The van der Waals surface area contributed by atoms with Gasteiger partial charge in [-0.15, -0.1) is 0 Å². The van der Waals surface area contributed by atoms with Crippen molar-refractivity contribution < 1.29 is 4.79 Å². The zero-order chi connectivity index (χ0) is 13.8. The molecule has 0 spiro atoms. The number of likely N-dealkylation sites (tertiary alicyclic amines) is 1. The van der Waals surface area contributed by atoms with Gasteiger partial charge in [0.15, 0.2) is 5.78 Å². The molecular weight excluding hydrogens is 234 g/mol. The van der Waals surface area contributed by atoms with Gasteiger partial charge in [-0.25, -0.2) is 0 Å². The smallest absolute Gasteiger partial charge is 0.177 e. The molecule has 19 heavy (non-hydrogen) atoms. The Morgan fingerprint density at radius 2 is 2.05 bits per heavy atom. The zero-order valence-electron chi connectivity index (χ0n) is 12.4. The highest BCUT2D eigenvalue weighted by molar-refractivity contribution is 5.98. The van der Waals surface area contributed by atoms with Crippen molar-refractivity contribution in [2.75, 3.05) is 19.6 Å². The van der Waals surface area contributed by atoms with E-state index in [4.69, 9.17) is 0 Å². The Hall–Kier alpha value is -1.15. The lowest BCUT2D eigenvalue weighted by atomic mass is 10.0. The number of nitrogens with zero attached hydrogens (tertiary/aromatic N) is 1. The molecule has 1 aromatic carbocycles. The summed E-state index contributed by atoms with van der Waals surface area (Å²) in [5.74, 6) is 1.08. The largest absolute Gasteiger partial charge is 0.296 e. The van der Waals surface area contributed by atoms with Crippen LogP contribution in [0.25, 0.3) is 0 Å². The Morgan fingerprint density at radius 3 is 2.79 bits per heavy atom. The number of carbonyl (C=O) groups is 1. The third kappa shape index (κ3) is 3.90. The molecule has 1 atom stereocenters. The number of benzene rings is 1. The monoisotopic (exact) mass is 259 g/mol. The van der Waals surface area contributed by atoms with E-state index in [0.29, 0.717) is 6.54 Å². The molecule has 1 aliphatic rings. The molecule has 1 saturated heterocycles. The molecule has 1 aliphatic heterocycles. The van der Waals surface area contributed by atoms with Crippen molar-refractivity contribution >= 4 is 5.78 Å². The molecule has 0 saturated carbocycles. The Kier molecular flexibility index (Phi) is 4.76. The lowest BCUT2D eigenvalue weighted by Crippen LogP contribution is -2.31. The van der Waals surface area contributed by atoms with E-state index in [9.17, 15) is 4.79 Å². The van der Waals surface area contributed by atoms with Crippen LogP contribution in [0.1, 0.15) is 47.7 Å². The summed E-state index contributed by atoms with van der Waals surface area (Å²) in [5.41, 5.74) is 3.22. The minimum absolute atomic E-state index is 0.270. The van der Waals surface area contributed by atoms with Crippen molar-refractivity contribution in [3.8, 4) is 0 Å². The van der Waals surface area contributed by atoms with Gasteiger partial charge in [-0.2, -0.15) is 0 Å². The van der Waals surface area contributed by atoms with E-state index in [1.54, 1.807) is 0 Å². The standard InChI is InChI=1S/C17H25NO/c1-13-5-4-9-18(10-8-13)12-17(19)16-7-6-14(2)11-15(16)3/h6-7,11,13H,4-5,8-10,12H2,1-3H3. The number of hydrogen-bond donors (Lipinski definition) is 0. The summed E-state index contributed by atoms with van der Waals surface area (Å²) in [4.78, 5) is 14.7. The zero-order valence-corrected chi connectivity index (χ0v) is 12.4. The molecular formula is C17H25NO. The highest BCUT2D eigenvalue weighted by Crippen LogP contribution is 2.17. The first-order chi connectivity index (χ1) is 9.06. The fraction of sp³-hybridized carbons (Fsp3) is 0.588. The van der Waals surface area contributed by atoms with Gasteiger partial charge in [0.05, 0.1) is 6.54 Å². The molecule has 1 aromatic rings. The number of aryl methyl sites for hydroxylation is 2. The number of hydrogen-bond acceptors (Lipinski definition) is 2. The predicted octanol–water partition coefficient (Wildman–Crippen LogP) is 3.61. The molecule has 0 N–H and O–H groups in total. The molecule has 2 rings (SSSR count). The number of rotatable bonds is 3. The average Bonchev–Trinajstić information content (AvgIpc) is 2.54. The molecule has 0 aromatic heterocycles. The van der Waals surface area contributed by atoms with E-state index in [2.05, 4.69) is 24.8 Å². The molecule has 1 fully saturated rings. The summed E-state index contributed by atoms with van der Waals surface area (Å²) in [7, 11) is 0. The van der Waals surface area contributed by atoms with Crippen LogP contribution in [0.5, 0.6) is 0 Å². The van der Waals surface area contributed by atoms with E-state index < -0.39 is 0 Å². The van der Waals surface area contributed by atoms with Crippen molar-refractivity contribution in [3.05, 3.63) is 34.9 Å². The maximum Gasteiger partial charge on any atom is 0.177 e. The van der Waals surface area contributed by atoms with Gasteiger partial charge in [-0.1, -0.05) is 30.7 Å². The fourth-order valence-corrected chi connectivity index (χ4v) is 2.90. The number of ketones is 1. The number of carbonyl (C=O) groups excluding carboxylic acids is 1. The lowest BCUT2D eigenvalue weighted by molar-refractivity contribution is 0.0932. The highest BCUT2D eigenvalue weighted by atomic mass is 16.1. The predicted molar refractivity (Wildman–Crippen MR) is 79.7 cm³/mol. The summed E-state index contributed by atoms with van der Waals surface area (Å²) in [5, 5.41) is 0. The second-order valence-corrected chi connectivity index (χ2v) is 6.05. The highest BCUT2D eigenvalue weighted by Gasteiger charge is 2.17. The molecule has 0 radical (unpaired) electrons. The summed E-state index contributed by atoms with van der Waals surface area (Å²) in [6.45, 7) is 9.13. The van der Waals surface area contributed by atoms with Crippen LogP contribution in [0.2, 0.25) is 0 Å². The van der Waals surface area contributed by atoms with E-state index in [-0.39, 0.29) is 5.78 Å². The Labute approximate surface area is 116 Å². The minimum atomic E-state index is 0.270. The first kappa shape index (κ1) is 14.3. The van der Waals surface area contributed by atoms with E-state index in [1.165, 1.54) is 24.8 Å². The van der Waals surface area contributed by atoms with E-state index in [0.717, 1.165) is 30.1 Å². The molecule has 2 heteroatoms. The van der Waals surface area contributed by atoms with Gasteiger partial charge in [0.2, 0.25) is 0 Å². The fourth-order valence-electron chi connectivity index (χ4n) is 2.90. The molecule has 104 valence electrons. The van der Waals surface area contributed by atoms with Crippen molar-refractivity contribution in [1.29, 1.82) is 0 Å². The van der Waals surface area contributed by atoms with Gasteiger partial charge >= 0.3 is 0 Å². The van der Waals surface area contributed by atoms with Crippen LogP contribution in [0, 0.1) is 19.8 Å². The minimum Gasteiger partial charge on any atom is -0.296 e. The van der Waals surface area contributed by atoms with Crippen LogP contribution in [-0.4, -0.2) is 30.3 Å². The SMILES string of the molecule is Cc1ccc(C(=O)CN2CCCC(C)CC2)c(C)c1. The molecule has 0 aliphatic carbocycles.